The second-order valence-electron chi connectivity index (χ2n) is 5.27. The van der Waals surface area contributed by atoms with Crippen molar-refractivity contribution < 1.29 is 19.4 Å². The van der Waals surface area contributed by atoms with Gasteiger partial charge in [0.05, 0.1) is 17.7 Å². The lowest BCUT2D eigenvalue weighted by Crippen LogP contribution is -2.64. The summed E-state index contributed by atoms with van der Waals surface area (Å²) in [7, 11) is 0. The number of ether oxygens (including phenoxy) is 2. The van der Waals surface area contributed by atoms with E-state index in [2.05, 4.69) is 5.32 Å². The second-order valence-corrected chi connectivity index (χ2v) is 5.27. The minimum atomic E-state index is -0.862. The van der Waals surface area contributed by atoms with E-state index in [1.165, 1.54) is 0 Å². The van der Waals surface area contributed by atoms with Gasteiger partial charge in [-0.25, -0.2) is 0 Å². The molecular weight excluding hydrogens is 236 g/mol. The third-order valence-corrected chi connectivity index (χ3v) is 3.97. The van der Waals surface area contributed by atoms with Crippen molar-refractivity contribution >= 4 is 5.91 Å². The number of aliphatic hydroxyl groups excluding tert-OH is 1. The minimum Gasteiger partial charge on any atom is -0.394 e. The molecule has 0 bridgehead atoms. The normalized spacial score (nSPS) is 26.6. The zero-order valence-corrected chi connectivity index (χ0v) is 10.6. The van der Waals surface area contributed by atoms with Gasteiger partial charge in [-0.3, -0.25) is 4.79 Å². The van der Waals surface area contributed by atoms with E-state index < -0.39 is 11.1 Å². The summed E-state index contributed by atoms with van der Waals surface area (Å²) in [5.41, 5.74) is 4.70. The van der Waals surface area contributed by atoms with Gasteiger partial charge in [0.15, 0.2) is 0 Å². The van der Waals surface area contributed by atoms with Crippen LogP contribution in [0.2, 0.25) is 0 Å². The lowest BCUT2D eigenvalue weighted by molar-refractivity contribution is -0.134. The lowest BCUT2D eigenvalue weighted by atomic mass is 9.86. The van der Waals surface area contributed by atoms with Gasteiger partial charge in [-0.15, -0.1) is 0 Å². The van der Waals surface area contributed by atoms with Crippen molar-refractivity contribution in [1.82, 2.24) is 5.32 Å². The van der Waals surface area contributed by atoms with Crippen LogP contribution in [-0.4, -0.2) is 55.1 Å². The van der Waals surface area contributed by atoms with Gasteiger partial charge in [-0.2, -0.15) is 0 Å². The fourth-order valence-corrected chi connectivity index (χ4v) is 2.41. The third-order valence-electron chi connectivity index (χ3n) is 3.97. The van der Waals surface area contributed by atoms with Gasteiger partial charge < -0.3 is 25.6 Å². The molecule has 0 unspecified atom stereocenters. The Morgan fingerprint density at radius 1 is 1.11 bits per heavy atom. The molecule has 0 aromatic rings. The highest BCUT2D eigenvalue weighted by Crippen LogP contribution is 2.24. The molecule has 0 aliphatic carbocycles. The summed E-state index contributed by atoms with van der Waals surface area (Å²) in [4.78, 5) is 12.3. The number of hydrogen-bond donors (Lipinski definition) is 3. The van der Waals surface area contributed by atoms with Gasteiger partial charge in [0.1, 0.15) is 0 Å². The molecule has 6 nitrogen and oxygen atoms in total. The summed E-state index contributed by atoms with van der Waals surface area (Å²) < 4.78 is 10.5. The lowest BCUT2D eigenvalue weighted by Gasteiger charge is -2.40. The van der Waals surface area contributed by atoms with Crippen molar-refractivity contribution in [1.29, 1.82) is 0 Å². The summed E-state index contributed by atoms with van der Waals surface area (Å²) in [6.45, 7) is 2.07. The molecule has 4 N–H and O–H groups in total. The van der Waals surface area contributed by atoms with E-state index >= 15 is 0 Å². The molecule has 18 heavy (non-hydrogen) atoms. The van der Waals surface area contributed by atoms with E-state index in [-0.39, 0.29) is 12.5 Å². The number of rotatable bonds is 3. The van der Waals surface area contributed by atoms with Crippen LogP contribution in [0, 0.1) is 0 Å². The summed E-state index contributed by atoms with van der Waals surface area (Å²) in [5.74, 6) is -0.179. The van der Waals surface area contributed by atoms with Gasteiger partial charge in [0.25, 0.3) is 0 Å². The minimum absolute atomic E-state index is 0.0747. The van der Waals surface area contributed by atoms with Crippen LogP contribution in [0.25, 0.3) is 0 Å². The maximum atomic E-state index is 12.3. The van der Waals surface area contributed by atoms with Gasteiger partial charge in [-0.05, 0) is 25.7 Å². The highest BCUT2D eigenvalue weighted by molar-refractivity contribution is 5.86. The molecule has 2 fully saturated rings. The highest BCUT2D eigenvalue weighted by Gasteiger charge is 2.41. The number of amides is 1. The molecular formula is C12H22N2O4. The van der Waals surface area contributed by atoms with E-state index in [9.17, 15) is 9.90 Å². The van der Waals surface area contributed by atoms with Crippen molar-refractivity contribution in [3.63, 3.8) is 0 Å². The van der Waals surface area contributed by atoms with Gasteiger partial charge in [0, 0.05) is 26.4 Å². The fraction of sp³-hybridized carbons (Fsp3) is 0.917. The largest absolute Gasteiger partial charge is 0.394 e. The predicted molar refractivity (Wildman–Crippen MR) is 65.0 cm³/mol. The molecule has 6 heteroatoms. The smallest absolute Gasteiger partial charge is 0.240 e. The maximum absolute atomic E-state index is 12.3. The monoisotopic (exact) mass is 258 g/mol. The molecule has 2 rings (SSSR count). The molecule has 0 atom stereocenters. The van der Waals surface area contributed by atoms with Crippen LogP contribution in [-0.2, 0) is 14.3 Å². The zero-order valence-electron chi connectivity index (χ0n) is 10.6. The van der Waals surface area contributed by atoms with Crippen molar-refractivity contribution in [3.05, 3.63) is 0 Å². The average Bonchev–Trinajstić information content (AvgIpc) is 2.40. The van der Waals surface area contributed by atoms with Crippen molar-refractivity contribution in [2.75, 3.05) is 33.0 Å². The first-order valence-electron chi connectivity index (χ1n) is 6.48. The van der Waals surface area contributed by atoms with Crippen LogP contribution in [0.1, 0.15) is 25.7 Å². The Hall–Kier alpha value is -0.690. The number of aliphatic hydroxyl groups is 1. The van der Waals surface area contributed by atoms with Gasteiger partial charge in [-0.1, -0.05) is 0 Å². The molecule has 0 aromatic heterocycles. The summed E-state index contributed by atoms with van der Waals surface area (Å²) in [5, 5.41) is 12.5. The van der Waals surface area contributed by atoms with Crippen molar-refractivity contribution in [2.45, 2.75) is 36.8 Å². The first-order valence-corrected chi connectivity index (χ1v) is 6.48. The standard InChI is InChI=1S/C12H22N2O4/c13-12(3-7-18-8-4-12)10(16)14-11(9-15)1-5-17-6-2-11/h15H,1-9,13H2,(H,14,16). The zero-order chi connectivity index (χ0) is 13.1. The van der Waals surface area contributed by atoms with E-state index in [1.54, 1.807) is 0 Å². The van der Waals surface area contributed by atoms with Crippen LogP contribution in [0.15, 0.2) is 0 Å². The SMILES string of the molecule is NC1(C(=O)NC2(CO)CCOCC2)CCOCC1. The van der Waals surface area contributed by atoms with E-state index in [0.29, 0.717) is 52.1 Å². The van der Waals surface area contributed by atoms with Crippen LogP contribution in [0.3, 0.4) is 0 Å². The molecule has 2 aliphatic heterocycles. The quantitative estimate of drug-likeness (QED) is 0.613. The third kappa shape index (κ3) is 2.83. The second kappa shape index (κ2) is 5.52. The first-order chi connectivity index (χ1) is 8.60. The fourth-order valence-electron chi connectivity index (χ4n) is 2.41. The van der Waals surface area contributed by atoms with Crippen LogP contribution in [0.5, 0.6) is 0 Å². The molecule has 2 aliphatic rings. The molecule has 0 spiro atoms. The van der Waals surface area contributed by atoms with Gasteiger partial charge >= 0.3 is 0 Å². The molecule has 0 saturated carbocycles. The average molecular weight is 258 g/mol. The first kappa shape index (κ1) is 13.7. The number of carbonyl (C=O) groups excluding carboxylic acids is 1. The van der Waals surface area contributed by atoms with Crippen LogP contribution >= 0.6 is 0 Å². The Bertz CT molecular complexity index is 296. The predicted octanol–water partition coefficient (Wildman–Crippen LogP) is -0.848. The maximum Gasteiger partial charge on any atom is 0.240 e. The molecule has 2 saturated heterocycles. The Balaban J connectivity index is 2.00. The molecule has 1 amide bonds. The molecule has 2 heterocycles. The summed E-state index contributed by atoms with van der Waals surface area (Å²) in [6.07, 6.45) is 2.30. The topological polar surface area (TPSA) is 93.8 Å². The number of carbonyl (C=O) groups is 1. The Morgan fingerprint density at radius 2 is 1.61 bits per heavy atom. The van der Waals surface area contributed by atoms with E-state index in [0.717, 1.165) is 0 Å². The number of nitrogens with one attached hydrogen (secondary N) is 1. The molecule has 0 radical (unpaired) electrons. The number of hydrogen-bond acceptors (Lipinski definition) is 5. The van der Waals surface area contributed by atoms with Gasteiger partial charge in [0.2, 0.25) is 5.91 Å². The molecule has 0 aromatic carbocycles. The van der Waals surface area contributed by atoms with Crippen LogP contribution in [0.4, 0.5) is 0 Å². The van der Waals surface area contributed by atoms with E-state index in [1.807, 2.05) is 0 Å². The van der Waals surface area contributed by atoms with Crippen molar-refractivity contribution in [3.8, 4) is 0 Å². The van der Waals surface area contributed by atoms with E-state index in [4.69, 9.17) is 15.2 Å². The molecule has 104 valence electrons. The summed E-state index contributed by atoms with van der Waals surface area (Å²) in [6, 6.07) is 0. The Kier molecular flexibility index (Phi) is 4.21. The van der Waals surface area contributed by atoms with Crippen LogP contribution < -0.4 is 11.1 Å². The Labute approximate surface area is 107 Å². The van der Waals surface area contributed by atoms with Crippen molar-refractivity contribution in [2.24, 2.45) is 5.73 Å². The number of nitrogens with two attached hydrogens (primary N) is 1. The summed E-state index contributed by atoms with van der Waals surface area (Å²) >= 11 is 0. The Morgan fingerprint density at radius 3 is 2.11 bits per heavy atom. The highest BCUT2D eigenvalue weighted by atomic mass is 16.5.